The first-order chi connectivity index (χ1) is 21.2. The number of aromatic nitrogens is 4. The van der Waals surface area contributed by atoms with Crippen LogP contribution in [0.2, 0.25) is 0 Å². The van der Waals surface area contributed by atoms with Gasteiger partial charge in [-0.1, -0.05) is 29.6 Å². The maximum Gasteiger partial charge on any atom is 0.312 e. The van der Waals surface area contributed by atoms with Crippen LogP contribution >= 0.6 is 22.7 Å². The van der Waals surface area contributed by atoms with Crippen LogP contribution in [0.1, 0.15) is 23.9 Å². The molecule has 4 aromatic rings. The van der Waals surface area contributed by atoms with Crippen molar-refractivity contribution in [3.8, 4) is 17.3 Å². The molecule has 2 aliphatic heterocycles. The number of nitriles is 1. The van der Waals surface area contributed by atoms with E-state index in [1.807, 2.05) is 30.4 Å². The van der Waals surface area contributed by atoms with Gasteiger partial charge in [0.05, 0.1) is 25.3 Å². The topological polar surface area (TPSA) is 123 Å². The molecule has 2 saturated heterocycles. The van der Waals surface area contributed by atoms with Gasteiger partial charge in [-0.05, 0) is 44.2 Å². The second-order valence-corrected chi connectivity index (χ2v) is 12.9. The highest BCUT2D eigenvalue weighted by molar-refractivity contribution is 7.20. The van der Waals surface area contributed by atoms with E-state index >= 15 is 0 Å². The van der Waals surface area contributed by atoms with Gasteiger partial charge in [-0.25, -0.2) is 14.4 Å². The Morgan fingerprint density at radius 3 is 2.59 bits per heavy atom. The number of rotatable bonds is 9. The fraction of sp³-hybridized carbons (Fsp3) is 0.448. The molecule has 6 rings (SSSR count). The van der Waals surface area contributed by atoms with Crippen molar-refractivity contribution >= 4 is 55.6 Å². The van der Waals surface area contributed by atoms with Crippen LogP contribution in [0.15, 0.2) is 24.3 Å². The van der Waals surface area contributed by atoms with Gasteiger partial charge in [0, 0.05) is 44.8 Å². The van der Waals surface area contributed by atoms with E-state index in [2.05, 4.69) is 15.9 Å². The number of methoxy groups -OCH3 is 1. The summed E-state index contributed by atoms with van der Waals surface area (Å²) in [5.41, 5.74) is 2.06. The molecule has 0 saturated carbocycles. The number of imidazole rings is 1. The van der Waals surface area contributed by atoms with E-state index in [9.17, 15) is 19.2 Å². The standard InChI is InChI=1S/C29H32FN9O3S2/c1-5-21-25(36(3)27-33-24(22(12-31)43-27)17-6-8-19(30)9-7-17)39-28(32-21)44-29(34-39)37-11-10-20(15-37)35(2)16-23(40)38-13-18(14-38)26(41)42-4/h6-9,18,20H,5,10-11,13-16H2,1-4H3/t20-/m0/s1. The summed E-state index contributed by atoms with van der Waals surface area (Å²) in [5.74, 6) is -0.0369. The summed E-state index contributed by atoms with van der Waals surface area (Å²) in [5, 5.41) is 16.2. The number of thiazole rings is 1. The van der Waals surface area contributed by atoms with Crippen LogP contribution < -0.4 is 9.80 Å². The number of halogens is 1. The molecule has 12 nitrogen and oxygen atoms in total. The highest BCUT2D eigenvalue weighted by atomic mass is 32.1. The molecule has 0 unspecified atom stereocenters. The SMILES string of the molecule is CCc1nc2sc(N3CC[C@H](N(C)CC(=O)N4CC(C(=O)OC)C4)C3)nn2c1N(C)c1nc(-c2ccc(F)cc2)c(C#N)s1. The third-order valence-corrected chi connectivity index (χ3v) is 10.2. The third-order valence-electron chi connectivity index (χ3n) is 8.22. The average Bonchev–Trinajstić information content (AvgIpc) is 3.78. The first-order valence-corrected chi connectivity index (χ1v) is 15.9. The van der Waals surface area contributed by atoms with Crippen LogP contribution in [0.25, 0.3) is 16.2 Å². The maximum atomic E-state index is 13.5. The van der Waals surface area contributed by atoms with Crippen molar-refractivity contribution in [2.75, 3.05) is 63.7 Å². The van der Waals surface area contributed by atoms with Crippen molar-refractivity contribution in [2.24, 2.45) is 5.92 Å². The van der Waals surface area contributed by atoms with Gasteiger partial charge in [-0.2, -0.15) is 9.78 Å². The van der Waals surface area contributed by atoms with Gasteiger partial charge in [0.1, 0.15) is 22.5 Å². The Morgan fingerprint density at radius 2 is 1.91 bits per heavy atom. The molecule has 3 aromatic heterocycles. The lowest BCUT2D eigenvalue weighted by molar-refractivity contribution is -0.156. The fourth-order valence-electron chi connectivity index (χ4n) is 5.61. The number of carbonyl (C=O) groups excluding carboxylic acids is 2. The van der Waals surface area contributed by atoms with E-state index in [4.69, 9.17) is 19.8 Å². The van der Waals surface area contributed by atoms with Crippen LogP contribution in [0.5, 0.6) is 0 Å². The Morgan fingerprint density at radius 1 is 1.16 bits per heavy atom. The molecule has 0 N–H and O–H groups in total. The Hall–Kier alpha value is -4.13. The molecule has 2 fully saturated rings. The molecule has 2 aliphatic rings. The van der Waals surface area contributed by atoms with Gasteiger partial charge in [0.25, 0.3) is 0 Å². The molecular weight excluding hydrogens is 606 g/mol. The number of anilines is 3. The number of amides is 1. The van der Waals surface area contributed by atoms with E-state index in [1.54, 1.807) is 17.0 Å². The number of carbonyl (C=O) groups is 2. The van der Waals surface area contributed by atoms with Gasteiger partial charge in [-0.15, -0.1) is 5.10 Å². The predicted octanol–water partition coefficient (Wildman–Crippen LogP) is 3.40. The van der Waals surface area contributed by atoms with E-state index in [0.717, 1.165) is 41.1 Å². The minimum atomic E-state index is -0.348. The maximum absolute atomic E-state index is 13.5. The fourth-order valence-corrected chi connectivity index (χ4v) is 7.41. The summed E-state index contributed by atoms with van der Waals surface area (Å²) in [6.07, 6.45) is 1.58. The second kappa shape index (κ2) is 12.1. The predicted molar refractivity (Wildman–Crippen MR) is 166 cm³/mol. The molecule has 230 valence electrons. The summed E-state index contributed by atoms with van der Waals surface area (Å²) in [7, 11) is 5.22. The lowest BCUT2D eigenvalue weighted by Crippen LogP contribution is -2.56. The summed E-state index contributed by atoms with van der Waals surface area (Å²) in [6, 6.07) is 8.38. The summed E-state index contributed by atoms with van der Waals surface area (Å²) in [6.45, 7) is 4.70. The first-order valence-electron chi connectivity index (χ1n) is 14.3. The highest BCUT2D eigenvalue weighted by Gasteiger charge is 2.38. The summed E-state index contributed by atoms with van der Waals surface area (Å²) in [4.78, 5) is 43.2. The monoisotopic (exact) mass is 637 g/mol. The van der Waals surface area contributed by atoms with Gasteiger partial charge in [-0.3, -0.25) is 14.5 Å². The number of fused-ring (bicyclic) bond motifs is 1. The Bertz CT molecular complexity index is 1740. The molecule has 1 amide bonds. The lowest BCUT2D eigenvalue weighted by atomic mass is 10.0. The molecule has 5 heterocycles. The number of likely N-dealkylation sites (tertiary alicyclic amines) is 1. The van der Waals surface area contributed by atoms with E-state index in [0.29, 0.717) is 47.3 Å². The van der Waals surface area contributed by atoms with Crippen molar-refractivity contribution in [2.45, 2.75) is 25.8 Å². The number of benzene rings is 1. The molecule has 44 heavy (non-hydrogen) atoms. The zero-order chi connectivity index (χ0) is 31.1. The molecule has 0 bridgehead atoms. The molecule has 0 aliphatic carbocycles. The minimum Gasteiger partial charge on any atom is -0.469 e. The average molecular weight is 638 g/mol. The molecule has 15 heteroatoms. The van der Waals surface area contributed by atoms with E-state index in [1.165, 1.54) is 41.9 Å². The zero-order valence-corrected chi connectivity index (χ0v) is 26.5. The zero-order valence-electron chi connectivity index (χ0n) is 24.9. The van der Waals surface area contributed by atoms with Crippen molar-refractivity contribution in [1.29, 1.82) is 5.26 Å². The van der Waals surface area contributed by atoms with Gasteiger partial charge >= 0.3 is 5.97 Å². The van der Waals surface area contributed by atoms with Crippen molar-refractivity contribution in [3.63, 3.8) is 0 Å². The number of aryl methyl sites for hydroxylation is 1. The van der Waals surface area contributed by atoms with Gasteiger partial charge in [0.2, 0.25) is 16.0 Å². The number of nitrogens with zero attached hydrogens (tertiary/aromatic N) is 9. The molecule has 1 aromatic carbocycles. The van der Waals surface area contributed by atoms with Crippen LogP contribution in [-0.4, -0.2) is 101 Å². The number of esters is 1. The minimum absolute atomic E-state index is 0.0166. The van der Waals surface area contributed by atoms with Gasteiger partial charge < -0.3 is 19.4 Å². The summed E-state index contributed by atoms with van der Waals surface area (Å²) >= 11 is 2.78. The Kier molecular flexibility index (Phi) is 8.23. The first kappa shape index (κ1) is 29.9. The largest absolute Gasteiger partial charge is 0.469 e. The normalized spacial score (nSPS) is 16.9. The second-order valence-electron chi connectivity index (χ2n) is 11.0. The smallest absolute Gasteiger partial charge is 0.312 e. The van der Waals surface area contributed by atoms with Crippen LogP contribution in [-0.2, 0) is 20.7 Å². The molecular formula is C29H32FN9O3S2. The van der Waals surface area contributed by atoms with E-state index < -0.39 is 0 Å². The quantitative estimate of drug-likeness (QED) is 0.252. The number of ether oxygens (including phenoxy) is 1. The molecule has 0 spiro atoms. The van der Waals surface area contributed by atoms with Crippen molar-refractivity contribution in [3.05, 3.63) is 40.7 Å². The summed E-state index contributed by atoms with van der Waals surface area (Å²) < 4.78 is 20.1. The van der Waals surface area contributed by atoms with Crippen molar-refractivity contribution < 1.29 is 18.7 Å². The Balaban J connectivity index is 1.17. The molecule has 0 radical (unpaired) electrons. The van der Waals surface area contributed by atoms with E-state index in [-0.39, 0.29) is 29.7 Å². The van der Waals surface area contributed by atoms with Crippen LogP contribution in [0, 0.1) is 23.1 Å². The highest BCUT2D eigenvalue weighted by Crippen LogP contribution is 2.38. The van der Waals surface area contributed by atoms with Gasteiger partial charge in [0.15, 0.2) is 10.9 Å². The third kappa shape index (κ3) is 5.49. The number of hydrogen-bond donors (Lipinski definition) is 0. The Labute approximate surface area is 261 Å². The number of hydrogen-bond acceptors (Lipinski definition) is 12. The van der Waals surface area contributed by atoms with Crippen molar-refractivity contribution in [1.82, 2.24) is 29.4 Å². The number of likely N-dealkylation sites (N-methyl/N-ethyl adjacent to an activating group) is 1. The lowest BCUT2D eigenvalue weighted by Gasteiger charge is -2.38. The molecule has 1 atom stereocenters. The van der Waals surface area contributed by atoms with Crippen LogP contribution in [0.4, 0.5) is 20.5 Å². The van der Waals surface area contributed by atoms with Crippen LogP contribution in [0.3, 0.4) is 0 Å².